The third kappa shape index (κ3) is 3.72. The van der Waals surface area contributed by atoms with E-state index in [2.05, 4.69) is 46.2 Å². The van der Waals surface area contributed by atoms with E-state index in [1.165, 1.54) is 11.1 Å². The molecule has 3 rings (SSSR count). The lowest BCUT2D eigenvalue weighted by molar-refractivity contribution is -0.126. The normalized spacial score (nSPS) is 16.7. The van der Waals surface area contributed by atoms with Crippen molar-refractivity contribution in [1.29, 1.82) is 0 Å². The summed E-state index contributed by atoms with van der Waals surface area (Å²) >= 11 is 0. The van der Waals surface area contributed by atoms with E-state index in [0.717, 1.165) is 31.7 Å². The van der Waals surface area contributed by atoms with Gasteiger partial charge in [-0.1, -0.05) is 24.3 Å². The van der Waals surface area contributed by atoms with Crippen molar-refractivity contribution >= 4 is 11.7 Å². The van der Waals surface area contributed by atoms with Gasteiger partial charge in [-0.15, -0.1) is 0 Å². The van der Waals surface area contributed by atoms with Gasteiger partial charge < -0.3 is 10.2 Å². The van der Waals surface area contributed by atoms with E-state index >= 15 is 0 Å². The molecule has 0 saturated carbocycles. The SMILES string of the molecule is Cc1ccccc1C(C)NC(=O)C1CCN(c2cnccn2)CC1. The average Bonchev–Trinajstić information content (AvgIpc) is 2.63. The van der Waals surface area contributed by atoms with Crippen LogP contribution in [0.5, 0.6) is 0 Å². The molecular formula is C19H24N4O. The highest BCUT2D eigenvalue weighted by Crippen LogP contribution is 2.23. The monoisotopic (exact) mass is 324 g/mol. The zero-order valence-corrected chi connectivity index (χ0v) is 14.3. The third-order valence-electron chi connectivity index (χ3n) is 4.75. The number of anilines is 1. The Balaban J connectivity index is 1.55. The van der Waals surface area contributed by atoms with Crippen molar-refractivity contribution < 1.29 is 4.79 Å². The van der Waals surface area contributed by atoms with Crippen LogP contribution in [0.15, 0.2) is 42.9 Å². The first-order valence-electron chi connectivity index (χ1n) is 8.52. The fourth-order valence-corrected chi connectivity index (χ4v) is 3.31. The highest BCUT2D eigenvalue weighted by Gasteiger charge is 2.26. The largest absolute Gasteiger partial charge is 0.355 e. The van der Waals surface area contributed by atoms with Crippen molar-refractivity contribution in [2.24, 2.45) is 5.92 Å². The number of aryl methyl sites for hydroxylation is 1. The molecule has 1 unspecified atom stereocenters. The number of hydrogen-bond donors (Lipinski definition) is 1. The summed E-state index contributed by atoms with van der Waals surface area (Å²) in [6.45, 7) is 5.82. The molecule has 5 heteroatoms. The Hall–Kier alpha value is -2.43. The van der Waals surface area contributed by atoms with Gasteiger partial charge in [-0.2, -0.15) is 0 Å². The lowest BCUT2D eigenvalue weighted by Gasteiger charge is -2.32. The summed E-state index contributed by atoms with van der Waals surface area (Å²) in [5, 5.41) is 3.18. The number of nitrogens with one attached hydrogen (secondary N) is 1. The molecule has 1 saturated heterocycles. The topological polar surface area (TPSA) is 58.1 Å². The van der Waals surface area contributed by atoms with Crippen molar-refractivity contribution in [3.8, 4) is 0 Å². The number of piperidine rings is 1. The fraction of sp³-hybridized carbons (Fsp3) is 0.421. The van der Waals surface area contributed by atoms with E-state index in [0.29, 0.717) is 0 Å². The molecule has 1 aromatic heterocycles. The molecule has 2 heterocycles. The van der Waals surface area contributed by atoms with E-state index in [4.69, 9.17) is 0 Å². The second kappa shape index (κ2) is 7.43. The Labute approximate surface area is 143 Å². The lowest BCUT2D eigenvalue weighted by atomic mass is 9.94. The van der Waals surface area contributed by atoms with Crippen molar-refractivity contribution in [1.82, 2.24) is 15.3 Å². The van der Waals surface area contributed by atoms with Gasteiger partial charge in [-0.3, -0.25) is 9.78 Å². The number of hydrogen-bond acceptors (Lipinski definition) is 4. The van der Waals surface area contributed by atoms with Gasteiger partial charge in [0.1, 0.15) is 5.82 Å². The molecule has 0 aliphatic carbocycles. The fourth-order valence-electron chi connectivity index (χ4n) is 3.31. The molecule has 1 amide bonds. The van der Waals surface area contributed by atoms with E-state index in [9.17, 15) is 4.79 Å². The highest BCUT2D eigenvalue weighted by atomic mass is 16.1. The van der Waals surface area contributed by atoms with Gasteiger partial charge in [0, 0.05) is 31.4 Å². The summed E-state index contributed by atoms with van der Waals surface area (Å²) in [5.74, 6) is 1.12. The third-order valence-corrected chi connectivity index (χ3v) is 4.75. The molecule has 1 aromatic carbocycles. The van der Waals surface area contributed by atoms with Gasteiger partial charge in [-0.25, -0.2) is 4.98 Å². The molecule has 24 heavy (non-hydrogen) atoms. The van der Waals surface area contributed by atoms with Gasteiger partial charge in [0.15, 0.2) is 0 Å². The minimum absolute atomic E-state index is 0.0386. The van der Waals surface area contributed by atoms with Crippen LogP contribution in [-0.2, 0) is 4.79 Å². The molecule has 0 bridgehead atoms. The van der Waals surface area contributed by atoms with E-state index in [1.54, 1.807) is 18.6 Å². The molecule has 2 aromatic rings. The zero-order chi connectivity index (χ0) is 16.9. The summed E-state index contributed by atoms with van der Waals surface area (Å²) in [7, 11) is 0. The van der Waals surface area contributed by atoms with Crippen LogP contribution in [0.4, 0.5) is 5.82 Å². The number of rotatable bonds is 4. The van der Waals surface area contributed by atoms with Crippen LogP contribution in [0.3, 0.4) is 0 Å². The molecule has 1 N–H and O–H groups in total. The van der Waals surface area contributed by atoms with Crippen molar-refractivity contribution in [3.05, 3.63) is 54.0 Å². The predicted molar refractivity (Wildman–Crippen MR) is 94.7 cm³/mol. The Kier molecular flexibility index (Phi) is 5.08. The van der Waals surface area contributed by atoms with Gasteiger partial charge in [0.2, 0.25) is 5.91 Å². The molecule has 1 aliphatic heterocycles. The zero-order valence-electron chi connectivity index (χ0n) is 14.3. The quantitative estimate of drug-likeness (QED) is 0.939. The maximum absolute atomic E-state index is 12.6. The van der Waals surface area contributed by atoms with Crippen LogP contribution in [0.25, 0.3) is 0 Å². The predicted octanol–water partition coefficient (Wildman–Crippen LogP) is 2.88. The standard InChI is InChI=1S/C19H24N4O/c1-14-5-3-4-6-17(14)15(2)22-19(24)16-7-11-23(12-8-16)18-13-20-9-10-21-18/h3-6,9-10,13,15-16H,7-8,11-12H2,1-2H3,(H,22,24). The summed E-state index contributed by atoms with van der Waals surface area (Å²) in [6.07, 6.45) is 6.86. The molecule has 5 nitrogen and oxygen atoms in total. The Morgan fingerprint density at radius 2 is 2.00 bits per heavy atom. The molecular weight excluding hydrogens is 300 g/mol. The van der Waals surface area contributed by atoms with Crippen molar-refractivity contribution in [2.45, 2.75) is 32.7 Å². The first kappa shape index (κ1) is 16.4. The van der Waals surface area contributed by atoms with Crippen LogP contribution in [0.1, 0.15) is 36.9 Å². The van der Waals surface area contributed by atoms with Crippen LogP contribution in [-0.4, -0.2) is 29.0 Å². The van der Waals surface area contributed by atoms with Gasteiger partial charge in [0.25, 0.3) is 0 Å². The van der Waals surface area contributed by atoms with E-state index in [1.807, 2.05) is 12.1 Å². The van der Waals surface area contributed by atoms with Crippen LogP contribution < -0.4 is 10.2 Å². The van der Waals surface area contributed by atoms with Crippen LogP contribution in [0, 0.1) is 12.8 Å². The molecule has 1 fully saturated rings. The summed E-state index contributed by atoms with van der Waals surface area (Å²) in [5.41, 5.74) is 2.39. The minimum Gasteiger partial charge on any atom is -0.355 e. The summed E-state index contributed by atoms with van der Waals surface area (Å²) in [4.78, 5) is 23.2. The number of carbonyl (C=O) groups excluding carboxylic acids is 1. The molecule has 0 radical (unpaired) electrons. The van der Waals surface area contributed by atoms with Gasteiger partial charge in [0.05, 0.1) is 12.2 Å². The second-order valence-corrected chi connectivity index (χ2v) is 6.41. The van der Waals surface area contributed by atoms with Crippen molar-refractivity contribution in [2.75, 3.05) is 18.0 Å². The molecule has 1 atom stereocenters. The number of benzene rings is 1. The molecule has 126 valence electrons. The summed E-state index contributed by atoms with van der Waals surface area (Å²) < 4.78 is 0. The summed E-state index contributed by atoms with van der Waals surface area (Å²) in [6, 6.07) is 8.24. The maximum atomic E-state index is 12.6. The molecule has 0 spiro atoms. The number of amides is 1. The number of nitrogens with zero attached hydrogens (tertiary/aromatic N) is 3. The lowest BCUT2D eigenvalue weighted by Crippen LogP contribution is -2.41. The first-order chi connectivity index (χ1) is 11.6. The van der Waals surface area contributed by atoms with Crippen LogP contribution in [0.2, 0.25) is 0 Å². The smallest absolute Gasteiger partial charge is 0.223 e. The van der Waals surface area contributed by atoms with Crippen LogP contribution >= 0.6 is 0 Å². The number of aromatic nitrogens is 2. The first-order valence-corrected chi connectivity index (χ1v) is 8.52. The van der Waals surface area contributed by atoms with Gasteiger partial charge in [-0.05, 0) is 37.8 Å². The highest BCUT2D eigenvalue weighted by molar-refractivity contribution is 5.79. The van der Waals surface area contributed by atoms with Gasteiger partial charge >= 0.3 is 0 Å². The minimum atomic E-state index is 0.0386. The van der Waals surface area contributed by atoms with Crippen molar-refractivity contribution in [3.63, 3.8) is 0 Å². The number of carbonyl (C=O) groups is 1. The Bertz CT molecular complexity index is 681. The van der Waals surface area contributed by atoms with E-state index in [-0.39, 0.29) is 17.9 Å². The molecule has 1 aliphatic rings. The second-order valence-electron chi connectivity index (χ2n) is 6.41. The average molecular weight is 324 g/mol. The maximum Gasteiger partial charge on any atom is 0.223 e. The Morgan fingerprint density at radius 1 is 1.25 bits per heavy atom. The van der Waals surface area contributed by atoms with E-state index < -0.39 is 0 Å². The Morgan fingerprint density at radius 3 is 2.67 bits per heavy atom.